The molecule has 0 radical (unpaired) electrons. The molecule has 0 amide bonds. The number of rotatable bonds is 3. The Morgan fingerprint density at radius 3 is 2.81 bits per heavy atom. The molecule has 0 aromatic heterocycles. The van der Waals surface area contributed by atoms with E-state index in [9.17, 15) is 9.90 Å². The third-order valence-corrected chi connectivity index (χ3v) is 3.75. The number of aliphatic hydroxyl groups excluding tert-OH is 1. The summed E-state index contributed by atoms with van der Waals surface area (Å²) in [5.74, 6) is 0.928. The SMILES string of the molecule is O=C1C=C(SCc2ccccc2)[C@H](O)CC1. The van der Waals surface area contributed by atoms with Crippen molar-refractivity contribution in [2.75, 3.05) is 0 Å². The lowest BCUT2D eigenvalue weighted by atomic mass is 10.0. The van der Waals surface area contributed by atoms with Crippen molar-refractivity contribution in [1.29, 1.82) is 0 Å². The second-order valence-electron chi connectivity index (χ2n) is 3.84. The van der Waals surface area contributed by atoms with Crippen LogP contribution in [0.25, 0.3) is 0 Å². The molecule has 2 nitrogen and oxygen atoms in total. The normalized spacial score (nSPS) is 20.7. The van der Waals surface area contributed by atoms with Crippen LogP contribution in [0.15, 0.2) is 41.3 Å². The molecule has 1 atom stereocenters. The summed E-state index contributed by atoms with van der Waals surface area (Å²) in [5, 5.41) is 9.72. The van der Waals surface area contributed by atoms with Gasteiger partial charge in [0.2, 0.25) is 0 Å². The monoisotopic (exact) mass is 234 g/mol. The van der Waals surface area contributed by atoms with Gasteiger partial charge >= 0.3 is 0 Å². The Kier molecular flexibility index (Phi) is 3.80. The first-order valence-corrected chi connectivity index (χ1v) is 6.33. The first-order valence-electron chi connectivity index (χ1n) is 5.35. The molecule has 0 saturated carbocycles. The molecule has 1 aromatic carbocycles. The van der Waals surface area contributed by atoms with Gasteiger partial charge in [0.1, 0.15) is 0 Å². The average molecular weight is 234 g/mol. The number of carbonyl (C=O) groups excluding carboxylic acids is 1. The van der Waals surface area contributed by atoms with E-state index in [0.717, 1.165) is 10.7 Å². The third-order valence-electron chi connectivity index (χ3n) is 2.54. The minimum absolute atomic E-state index is 0.126. The highest BCUT2D eigenvalue weighted by Gasteiger charge is 2.19. The molecule has 1 aliphatic rings. The molecular weight excluding hydrogens is 220 g/mol. The minimum Gasteiger partial charge on any atom is -0.388 e. The zero-order valence-electron chi connectivity index (χ0n) is 8.93. The van der Waals surface area contributed by atoms with Crippen LogP contribution in [0, 0.1) is 0 Å². The molecular formula is C13H14O2S. The summed E-state index contributed by atoms with van der Waals surface area (Å²) in [6, 6.07) is 10.1. The van der Waals surface area contributed by atoms with Crippen LogP contribution in [0.4, 0.5) is 0 Å². The van der Waals surface area contributed by atoms with Crippen molar-refractivity contribution in [2.45, 2.75) is 24.7 Å². The average Bonchev–Trinajstić information content (AvgIpc) is 2.32. The van der Waals surface area contributed by atoms with Crippen LogP contribution in [-0.4, -0.2) is 17.0 Å². The van der Waals surface area contributed by atoms with Gasteiger partial charge in [0.25, 0.3) is 0 Å². The molecule has 0 spiro atoms. The fourth-order valence-corrected chi connectivity index (χ4v) is 2.68. The molecule has 3 heteroatoms. The first-order chi connectivity index (χ1) is 7.75. The van der Waals surface area contributed by atoms with E-state index in [4.69, 9.17) is 0 Å². The number of carbonyl (C=O) groups is 1. The van der Waals surface area contributed by atoms with E-state index >= 15 is 0 Å². The summed E-state index contributed by atoms with van der Waals surface area (Å²) in [6.07, 6.45) is 2.16. The second-order valence-corrected chi connectivity index (χ2v) is 4.89. The fraction of sp³-hybridized carbons (Fsp3) is 0.308. The van der Waals surface area contributed by atoms with Crippen molar-refractivity contribution >= 4 is 17.5 Å². The smallest absolute Gasteiger partial charge is 0.156 e. The zero-order valence-corrected chi connectivity index (χ0v) is 9.74. The minimum atomic E-state index is -0.452. The van der Waals surface area contributed by atoms with E-state index in [1.54, 1.807) is 17.8 Å². The van der Waals surface area contributed by atoms with Gasteiger partial charge in [0, 0.05) is 17.1 Å². The molecule has 1 aliphatic carbocycles. The molecule has 0 saturated heterocycles. The Hall–Kier alpha value is -1.06. The molecule has 0 unspecified atom stereocenters. The number of ketones is 1. The fourth-order valence-electron chi connectivity index (χ4n) is 1.63. The van der Waals surface area contributed by atoms with Gasteiger partial charge in [0.15, 0.2) is 5.78 Å². The predicted molar refractivity (Wildman–Crippen MR) is 66.1 cm³/mol. The van der Waals surface area contributed by atoms with E-state index in [-0.39, 0.29) is 5.78 Å². The Morgan fingerprint density at radius 2 is 2.06 bits per heavy atom. The maximum absolute atomic E-state index is 11.2. The van der Waals surface area contributed by atoms with Gasteiger partial charge in [0.05, 0.1) is 6.10 Å². The Labute approximate surface area is 99.4 Å². The van der Waals surface area contributed by atoms with Crippen LogP contribution in [0.3, 0.4) is 0 Å². The van der Waals surface area contributed by atoms with Crippen LogP contribution in [0.2, 0.25) is 0 Å². The number of allylic oxidation sites excluding steroid dienone is 1. The van der Waals surface area contributed by atoms with Crippen molar-refractivity contribution in [3.8, 4) is 0 Å². The lowest BCUT2D eigenvalue weighted by molar-refractivity contribution is -0.115. The maximum Gasteiger partial charge on any atom is 0.156 e. The van der Waals surface area contributed by atoms with Gasteiger partial charge in [-0.15, -0.1) is 11.8 Å². The van der Waals surface area contributed by atoms with Crippen LogP contribution in [0.1, 0.15) is 18.4 Å². The first kappa shape index (κ1) is 11.4. The molecule has 1 N–H and O–H groups in total. The Balaban J connectivity index is 1.97. The molecule has 0 fully saturated rings. The molecule has 0 aliphatic heterocycles. The summed E-state index contributed by atoms with van der Waals surface area (Å²) in [7, 11) is 0. The molecule has 16 heavy (non-hydrogen) atoms. The Bertz CT molecular complexity index is 398. The van der Waals surface area contributed by atoms with E-state index < -0.39 is 6.10 Å². The van der Waals surface area contributed by atoms with Crippen LogP contribution in [0.5, 0.6) is 0 Å². The summed E-state index contributed by atoms with van der Waals surface area (Å²) < 4.78 is 0. The van der Waals surface area contributed by atoms with Gasteiger partial charge in [-0.3, -0.25) is 4.79 Å². The highest BCUT2D eigenvalue weighted by atomic mass is 32.2. The van der Waals surface area contributed by atoms with Gasteiger partial charge in [-0.2, -0.15) is 0 Å². The number of aliphatic hydroxyl groups is 1. The Morgan fingerprint density at radius 1 is 1.31 bits per heavy atom. The number of hydrogen-bond acceptors (Lipinski definition) is 3. The van der Waals surface area contributed by atoms with E-state index in [2.05, 4.69) is 0 Å². The molecule has 0 bridgehead atoms. The summed E-state index contributed by atoms with van der Waals surface area (Å²) in [6.45, 7) is 0. The molecule has 84 valence electrons. The maximum atomic E-state index is 11.2. The highest BCUT2D eigenvalue weighted by Crippen LogP contribution is 2.29. The zero-order chi connectivity index (χ0) is 11.4. The lowest BCUT2D eigenvalue weighted by Crippen LogP contribution is -2.16. The second kappa shape index (κ2) is 5.32. The van der Waals surface area contributed by atoms with E-state index in [1.807, 2.05) is 30.3 Å². The lowest BCUT2D eigenvalue weighted by Gasteiger charge is -2.17. The summed E-state index contributed by atoms with van der Waals surface area (Å²) >= 11 is 1.55. The number of thioether (sulfide) groups is 1. The van der Waals surface area contributed by atoms with Crippen molar-refractivity contribution in [3.63, 3.8) is 0 Å². The molecule has 0 heterocycles. The van der Waals surface area contributed by atoms with E-state index in [1.165, 1.54) is 5.56 Å². The highest BCUT2D eigenvalue weighted by molar-refractivity contribution is 8.02. The van der Waals surface area contributed by atoms with Crippen molar-refractivity contribution in [3.05, 3.63) is 46.9 Å². The quantitative estimate of drug-likeness (QED) is 0.873. The third kappa shape index (κ3) is 2.97. The standard InChI is InChI=1S/C13H14O2S/c14-11-6-7-12(15)13(8-11)16-9-10-4-2-1-3-5-10/h1-5,8,12,15H,6-7,9H2/t12-/m1/s1. The van der Waals surface area contributed by atoms with Crippen LogP contribution in [-0.2, 0) is 10.5 Å². The predicted octanol–water partition coefficient (Wildman–Crippen LogP) is 2.53. The van der Waals surface area contributed by atoms with Gasteiger partial charge in [-0.1, -0.05) is 30.3 Å². The summed E-state index contributed by atoms with van der Waals surface area (Å²) in [4.78, 5) is 12.0. The largest absolute Gasteiger partial charge is 0.388 e. The topological polar surface area (TPSA) is 37.3 Å². The van der Waals surface area contributed by atoms with Crippen LogP contribution >= 0.6 is 11.8 Å². The van der Waals surface area contributed by atoms with E-state index in [0.29, 0.717) is 12.8 Å². The molecule has 1 aromatic rings. The van der Waals surface area contributed by atoms with Crippen molar-refractivity contribution in [2.24, 2.45) is 0 Å². The number of benzene rings is 1. The van der Waals surface area contributed by atoms with Gasteiger partial charge in [-0.25, -0.2) is 0 Å². The number of hydrogen-bond donors (Lipinski definition) is 1. The van der Waals surface area contributed by atoms with Crippen LogP contribution < -0.4 is 0 Å². The van der Waals surface area contributed by atoms with Gasteiger partial charge < -0.3 is 5.11 Å². The van der Waals surface area contributed by atoms with Crippen molar-refractivity contribution < 1.29 is 9.90 Å². The van der Waals surface area contributed by atoms with Crippen molar-refractivity contribution in [1.82, 2.24) is 0 Å². The van der Waals surface area contributed by atoms with Gasteiger partial charge in [-0.05, 0) is 18.1 Å². The summed E-state index contributed by atoms with van der Waals surface area (Å²) in [5.41, 5.74) is 1.21. The molecule has 2 rings (SSSR count).